The van der Waals surface area contributed by atoms with Crippen molar-refractivity contribution >= 4 is 32.7 Å². The molecule has 0 N–H and O–H groups in total. The summed E-state index contributed by atoms with van der Waals surface area (Å²) in [6, 6.07) is 6.65. The summed E-state index contributed by atoms with van der Waals surface area (Å²) in [4.78, 5) is 7.54. The molecule has 3 nitrogen and oxygen atoms in total. The summed E-state index contributed by atoms with van der Waals surface area (Å²) in [5, 5.41) is 1.30. The van der Waals surface area contributed by atoms with Gasteiger partial charge in [-0.05, 0) is 81.3 Å². The molecule has 27 heavy (non-hydrogen) atoms. The maximum Gasteiger partial charge on any atom is 0.147 e. The van der Waals surface area contributed by atoms with Crippen molar-refractivity contribution in [2.24, 2.45) is 5.92 Å². The topological polar surface area (TPSA) is 21.1 Å². The molecule has 2 aromatic heterocycles. The number of aromatic nitrogens is 2. The van der Waals surface area contributed by atoms with Gasteiger partial charge in [0, 0.05) is 40.5 Å². The zero-order valence-electron chi connectivity index (χ0n) is 16.9. The number of hydrogen-bond acceptors (Lipinski definition) is 2. The molecule has 0 aliphatic carbocycles. The van der Waals surface area contributed by atoms with Gasteiger partial charge in [-0.25, -0.2) is 4.98 Å². The zero-order valence-corrected chi connectivity index (χ0v) is 18.5. The van der Waals surface area contributed by atoms with E-state index in [0.29, 0.717) is 0 Å². The lowest BCUT2D eigenvalue weighted by Crippen LogP contribution is -2.33. The Morgan fingerprint density at radius 2 is 1.59 bits per heavy atom. The van der Waals surface area contributed by atoms with Crippen LogP contribution in [-0.2, 0) is 0 Å². The highest BCUT2D eigenvalue weighted by atomic mass is 79.9. The van der Waals surface area contributed by atoms with E-state index in [2.05, 4.69) is 84.4 Å². The fourth-order valence-corrected chi connectivity index (χ4v) is 5.15. The second kappa shape index (κ2) is 6.97. The number of anilines is 1. The van der Waals surface area contributed by atoms with E-state index < -0.39 is 0 Å². The molecule has 0 saturated carbocycles. The lowest BCUT2D eigenvalue weighted by molar-refractivity contribution is 0.439. The van der Waals surface area contributed by atoms with E-state index >= 15 is 0 Å². The Morgan fingerprint density at radius 1 is 0.963 bits per heavy atom. The van der Waals surface area contributed by atoms with Crippen LogP contribution >= 0.6 is 15.9 Å². The van der Waals surface area contributed by atoms with Gasteiger partial charge in [0.2, 0.25) is 0 Å². The molecular weight excluding hydrogens is 398 g/mol. The van der Waals surface area contributed by atoms with Crippen molar-refractivity contribution in [3.8, 4) is 5.69 Å². The van der Waals surface area contributed by atoms with Crippen LogP contribution in [0, 0.1) is 33.6 Å². The Kier molecular flexibility index (Phi) is 4.79. The summed E-state index contributed by atoms with van der Waals surface area (Å²) >= 11 is 3.62. The summed E-state index contributed by atoms with van der Waals surface area (Å²) in [7, 11) is 0. The fraction of sp³-hybridized carbons (Fsp3) is 0.435. The third-order valence-electron chi connectivity index (χ3n) is 5.87. The Hall–Kier alpha value is -1.81. The van der Waals surface area contributed by atoms with E-state index in [-0.39, 0.29) is 0 Å². The first-order chi connectivity index (χ1) is 12.8. The minimum absolute atomic E-state index is 0.832. The molecular formula is C23H28BrN3. The number of piperidine rings is 1. The molecule has 3 aromatic rings. The zero-order chi connectivity index (χ0) is 19.3. The third-order valence-corrected chi connectivity index (χ3v) is 6.33. The molecule has 4 rings (SSSR count). The van der Waals surface area contributed by atoms with Crippen LogP contribution in [0.15, 0.2) is 28.9 Å². The number of pyridine rings is 1. The van der Waals surface area contributed by atoms with Crippen molar-refractivity contribution in [2.75, 3.05) is 18.0 Å². The maximum atomic E-state index is 4.97. The van der Waals surface area contributed by atoms with Crippen LogP contribution in [0.1, 0.15) is 42.1 Å². The summed E-state index contributed by atoms with van der Waals surface area (Å²) in [5.74, 6) is 0.832. The van der Waals surface area contributed by atoms with Crippen LogP contribution in [-0.4, -0.2) is 22.6 Å². The van der Waals surface area contributed by atoms with E-state index in [1.165, 1.54) is 46.3 Å². The summed E-state index contributed by atoms with van der Waals surface area (Å²) in [6.07, 6.45) is 4.80. The van der Waals surface area contributed by atoms with Crippen molar-refractivity contribution < 1.29 is 0 Å². The molecule has 142 valence electrons. The minimum atomic E-state index is 0.832. The molecule has 0 atom stereocenters. The number of benzene rings is 1. The number of aryl methyl sites for hydroxylation is 4. The van der Waals surface area contributed by atoms with E-state index in [0.717, 1.165) is 34.8 Å². The van der Waals surface area contributed by atoms with Crippen LogP contribution in [0.4, 0.5) is 5.69 Å². The molecule has 1 saturated heterocycles. The number of nitrogens with zero attached hydrogens (tertiary/aromatic N) is 3. The Balaban J connectivity index is 1.93. The number of rotatable bonds is 2. The highest BCUT2D eigenvalue weighted by molar-refractivity contribution is 9.10. The molecule has 0 bridgehead atoms. The predicted octanol–water partition coefficient (Wildman–Crippen LogP) is 6.26. The van der Waals surface area contributed by atoms with Gasteiger partial charge in [0.05, 0.1) is 5.69 Å². The lowest BCUT2D eigenvalue weighted by atomic mass is 9.98. The molecule has 0 spiro atoms. The van der Waals surface area contributed by atoms with Gasteiger partial charge in [-0.15, -0.1) is 0 Å². The van der Waals surface area contributed by atoms with Gasteiger partial charge in [-0.1, -0.05) is 22.9 Å². The van der Waals surface area contributed by atoms with Crippen molar-refractivity contribution in [1.82, 2.24) is 9.55 Å². The number of fused-ring (bicyclic) bond motifs is 1. The van der Waals surface area contributed by atoms with Crippen LogP contribution in [0.3, 0.4) is 0 Å². The Bertz CT molecular complexity index is 987. The van der Waals surface area contributed by atoms with Crippen molar-refractivity contribution in [1.29, 1.82) is 0 Å². The molecule has 1 aliphatic rings. The van der Waals surface area contributed by atoms with Gasteiger partial charge in [0.25, 0.3) is 0 Å². The first-order valence-corrected chi connectivity index (χ1v) is 10.7. The standard InChI is InChI=1S/C23H28BrN3/c1-14-6-8-26(9-7-14)20-12-18(5)25-23-21(20)17(4)13-27(23)22-15(2)10-19(24)11-16(22)3/h10-14H,6-9H2,1-5H3. The molecule has 1 aliphatic heterocycles. The Labute approximate surface area is 170 Å². The number of halogens is 1. The molecule has 1 aromatic carbocycles. The fourth-order valence-electron chi connectivity index (χ4n) is 4.46. The molecule has 3 heterocycles. The van der Waals surface area contributed by atoms with E-state index in [9.17, 15) is 0 Å². The largest absolute Gasteiger partial charge is 0.371 e. The van der Waals surface area contributed by atoms with Gasteiger partial charge in [-0.2, -0.15) is 0 Å². The van der Waals surface area contributed by atoms with Gasteiger partial charge >= 0.3 is 0 Å². The molecule has 1 fully saturated rings. The van der Waals surface area contributed by atoms with E-state index in [4.69, 9.17) is 4.98 Å². The monoisotopic (exact) mass is 425 g/mol. The van der Waals surface area contributed by atoms with Gasteiger partial charge < -0.3 is 9.47 Å². The van der Waals surface area contributed by atoms with E-state index in [1.807, 2.05) is 0 Å². The summed E-state index contributed by atoms with van der Waals surface area (Å²) < 4.78 is 3.42. The Morgan fingerprint density at radius 3 is 2.22 bits per heavy atom. The second-order valence-electron chi connectivity index (χ2n) is 8.22. The average Bonchev–Trinajstić information content (AvgIpc) is 2.90. The molecule has 4 heteroatoms. The van der Waals surface area contributed by atoms with Crippen LogP contribution in [0.5, 0.6) is 0 Å². The second-order valence-corrected chi connectivity index (χ2v) is 9.14. The van der Waals surface area contributed by atoms with Crippen molar-refractivity contribution in [3.05, 3.63) is 51.3 Å². The third kappa shape index (κ3) is 3.29. The van der Waals surface area contributed by atoms with E-state index in [1.54, 1.807) is 0 Å². The van der Waals surface area contributed by atoms with Crippen LogP contribution in [0.2, 0.25) is 0 Å². The average molecular weight is 426 g/mol. The smallest absolute Gasteiger partial charge is 0.147 e. The number of hydrogen-bond donors (Lipinski definition) is 0. The van der Waals surface area contributed by atoms with Gasteiger partial charge in [0.1, 0.15) is 5.65 Å². The first kappa shape index (κ1) is 18.5. The molecule has 0 amide bonds. The summed E-state index contributed by atoms with van der Waals surface area (Å²) in [5.41, 5.74) is 8.58. The minimum Gasteiger partial charge on any atom is -0.371 e. The maximum absolute atomic E-state index is 4.97. The lowest BCUT2D eigenvalue weighted by Gasteiger charge is -2.33. The van der Waals surface area contributed by atoms with Crippen LogP contribution < -0.4 is 4.90 Å². The molecule has 0 unspecified atom stereocenters. The first-order valence-electron chi connectivity index (χ1n) is 9.86. The van der Waals surface area contributed by atoms with Gasteiger partial charge in [0.15, 0.2) is 0 Å². The predicted molar refractivity (Wildman–Crippen MR) is 118 cm³/mol. The van der Waals surface area contributed by atoms with Gasteiger partial charge in [-0.3, -0.25) is 0 Å². The van der Waals surface area contributed by atoms with Crippen LogP contribution in [0.25, 0.3) is 16.7 Å². The van der Waals surface area contributed by atoms with Crippen molar-refractivity contribution in [3.63, 3.8) is 0 Å². The summed E-state index contributed by atoms with van der Waals surface area (Å²) in [6.45, 7) is 13.3. The molecule has 0 radical (unpaired) electrons. The highest BCUT2D eigenvalue weighted by Gasteiger charge is 2.22. The van der Waals surface area contributed by atoms with Crippen molar-refractivity contribution in [2.45, 2.75) is 47.5 Å². The normalized spacial score (nSPS) is 15.7. The quantitative estimate of drug-likeness (QED) is 0.482. The highest BCUT2D eigenvalue weighted by Crippen LogP contribution is 2.36. The SMILES string of the molecule is Cc1cc(N2CCC(C)CC2)c2c(C)cn(-c3c(C)cc(Br)cc3C)c2n1.